The predicted molar refractivity (Wildman–Crippen MR) is 84.9 cm³/mol. The van der Waals surface area contributed by atoms with Gasteiger partial charge >= 0.3 is 0 Å². The first-order valence-electron chi connectivity index (χ1n) is 6.51. The Bertz CT molecular complexity index is 411. The molecule has 0 aromatic carbocycles. The Hall–Kier alpha value is 0.0900. The summed E-state index contributed by atoms with van der Waals surface area (Å²) >= 11 is 8.19. The third kappa shape index (κ3) is 4.85. The van der Waals surface area contributed by atoms with Crippen molar-refractivity contribution in [3.8, 4) is 0 Å². The maximum absolute atomic E-state index is 11.9. The SMILES string of the molecule is O=C(NCCOC1CCCCC1)c1cc(Br)c(Br)s1. The number of rotatable bonds is 5. The van der Waals surface area contributed by atoms with Crippen molar-refractivity contribution < 1.29 is 9.53 Å². The summed E-state index contributed by atoms with van der Waals surface area (Å²) in [6.07, 6.45) is 6.61. The van der Waals surface area contributed by atoms with Gasteiger partial charge in [0.05, 0.1) is 21.4 Å². The van der Waals surface area contributed by atoms with Gasteiger partial charge < -0.3 is 10.1 Å². The van der Waals surface area contributed by atoms with Crippen molar-refractivity contribution in [2.24, 2.45) is 0 Å². The Labute approximate surface area is 134 Å². The van der Waals surface area contributed by atoms with Crippen molar-refractivity contribution in [1.29, 1.82) is 0 Å². The van der Waals surface area contributed by atoms with Crippen LogP contribution in [0.25, 0.3) is 0 Å². The number of thiophene rings is 1. The van der Waals surface area contributed by atoms with Crippen LogP contribution < -0.4 is 5.32 Å². The van der Waals surface area contributed by atoms with Crippen molar-refractivity contribution in [3.63, 3.8) is 0 Å². The molecule has 1 aromatic heterocycles. The zero-order valence-corrected chi connectivity index (χ0v) is 14.6. The highest BCUT2D eigenvalue weighted by atomic mass is 79.9. The van der Waals surface area contributed by atoms with Gasteiger partial charge in [0, 0.05) is 11.0 Å². The van der Waals surface area contributed by atoms with E-state index in [0.717, 1.165) is 8.26 Å². The van der Waals surface area contributed by atoms with Crippen LogP contribution in [0.1, 0.15) is 41.8 Å². The molecule has 1 heterocycles. The van der Waals surface area contributed by atoms with E-state index in [1.807, 2.05) is 6.07 Å². The van der Waals surface area contributed by atoms with E-state index in [0.29, 0.717) is 24.1 Å². The second-order valence-electron chi connectivity index (χ2n) is 4.62. The minimum Gasteiger partial charge on any atom is -0.376 e. The summed E-state index contributed by atoms with van der Waals surface area (Å²) in [4.78, 5) is 12.6. The highest BCUT2D eigenvalue weighted by Crippen LogP contribution is 2.32. The lowest BCUT2D eigenvalue weighted by atomic mass is 9.98. The second-order valence-corrected chi connectivity index (χ2v) is 7.84. The monoisotopic (exact) mass is 409 g/mol. The third-order valence-electron chi connectivity index (χ3n) is 3.16. The summed E-state index contributed by atoms with van der Waals surface area (Å²) < 4.78 is 7.63. The number of hydrogen-bond acceptors (Lipinski definition) is 3. The minimum atomic E-state index is -0.0383. The lowest BCUT2D eigenvalue weighted by molar-refractivity contribution is 0.0300. The van der Waals surface area contributed by atoms with Crippen LogP contribution in [0.4, 0.5) is 0 Å². The lowest BCUT2D eigenvalue weighted by Gasteiger charge is -2.21. The molecule has 0 radical (unpaired) electrons. The van der Waals surface area contributed by atoms with E-state index < -0.39 is 0 Å². The van der Waals surface area contributed by atoms with Gasteiger partial charge in [-0.05, 0) is 50.8 Å². The molecule has 6 heteroatoms. The number of carbonyl (C=O) groups excluding carboxylic acids is 1. The van der Waals surface area contributed by atoms with Gasteiger partial charge in [-0.25, -0.2) is 0 Å². The zero-order chi connectivity index (χ0) is 13.7. The fourth-order valence-corrected chi connectivity index (χ4v) is 4.12. The van der Waals surface area contributed by atoms with E-state index in [2.05, 4.69) is 37.2 Å². The van der Waals surface area contributed by atoms with E-state index in [4.69, 9.17) is 4.74 Å². The summed E-state index contributed by atoms with van der Waals surface area (Å²) in [5, 5.41) is 2.88. The Morgan fingerprint density at radius 3 is 2.74 bits per heavy atom. The van der Waals surface area contributed by atoms with Gasteiger partial charge in [0.2, 0.25) is 0 Å². The second kappa shape index (κ2) is 7.76. The smallest absolute Gasteiger partial charge is 0.261 e. The molecular weight excluding hydrogens is 394 g/mol. The summed E-state index contributed by atoms with van der Waals surface area (Å²) in [6, 6.07) is 1.83. The van der Waals surface area contributed by atoms with Gasteiger partial charge in [0.1, 0.15) is 0 Å². The Balaban J connectivity index is 1.66. The number of nitrogens with one attached hydrogen (secondary N) is 1. The molecule has 1 saturated carbocycles. The van der Waals surface area contributed by atoms with Crippen LogP contribution in [-0.2, 0) is 4.74 Å². The zero-order valence-electron chi connectivity index (χ0n) is 10.6. The molecule has 0 saturated heterocycles. The van der Waals surface area contributed by atoms with Gasteiger partial charge in [0.15, 0.2) is 0 Å². The highest BCUT2D eigenvalue weighted by Gasteiger charge is 2.14. The number of halogens is 2. The average Bonchev–Trinajstić information content (AvgIpc) is 2.76. The Morgan fingerprint density at radius 2 is 2.11 bits per heavy atom. The standard InChI is InChI=1S/C13H17Br2NO2S/c14-10-8-11(19-12(10)15)13(17)16-6-7-18-9-4-2-1-3-5-9/h8-9H,1-7H2,(H,16,17). The molecule has 0 spiro atoms. The fraction of sp³-hybridized carbons (Fsp3) is 0.615. The molecule has 0 atom stereocenters. The van der Waals surface area contributed by atoms with Crippen LogP contribution in [0.5, 0.6) is 0 Å². The number of carbonyl (C=O) groups is 1. The van der Waals surface area contributed by atoms with Gasteiger partial charge in [-0.2, -0.15) is 0 Å². The quantitative estimate of drug-likeness (QED) is 0.732. The molecule has 1 aromatic rings. The number of hydrogen-bond donors (Lipinski definition) is 1. The summed E-state index contributed by atoms with van der Waals surface area (Å²) in [5.74, 6) is -0.0383. The largest absolute Gasteiger partial charge is 0.376 e. The van der Waals surface area contributed by atoms with E-state index in [-0.39, 0.29) is 5.91 Å². The molecule has 0 unspecified atom stereocenters. The molecule has 2 rings (SSSR count). The molecule has 1 amide bonds. The highest BCUT2D eigenvalue weighted by molar-refractivity contribution is 9.13. The van der Waals surface area contributed by atoms with Crippen molar-refractivity contribution in [2.75, 3.05) is 13.2 Å². The van der Waals surface area contributed by atoms with Gasteiger partial charge in [-0.1, -0.05) is 19.3 Å². The first-order valence-corrected chi connectivity index (χ1v) is 8.91. The van der Waals surface area contributed by atoms with Crippen LogP contribution in [-0.4, -0.2) is 25.2 Å². The normalized spacial score (nSPS) is 16.5. The molecule has 1 N–H and O–H groups in total. The molecule has 1 aliphatic carbocycles. The molecule has 106 valence electrons. The van der Waals surface area contributed by atoms with Gasteiger partial charge in [-0.15, -0.1) is 11.3 Å². The molecule has 1 aliphatic rings. The van der Waals surface area contributed by atoms with Crippen molar-refractivity contribution >= 4 is 49.1 Å². The number of ether oxygens (including phenoxy) is 1. The number of amides is 1. The Kier molecular flexibility index (Phi) is 6.32. The first-order chi connectivity index (χ1) is 9.16. The van der Waals surface area contributed by atoms with Crippen molar-refractivity contribution in [2.45, 2.75) is 38.2 Å². The molecule has 3 nitrogen and oxygen atoms in total. The van der Waals surface area contributed by atoms with E-state index in [1.165, 1.54) is 43.4 Å². The van der Waals surface area contributed by atoms with Crippen molar-refractivity contribution in [1.82, 2.24) is 5.32 Å². The average molecular weight is 411 g/mol. The van der Waals surface area contributed by atoms with Crippen LogP contribution in [0, 0.1) is 0 Å². The van der Waals surface area contributed by atoms with Crippen molar-refractivity contribution in [3.05, 3.63) is 19.2 Å². The van der Waals surface area contributed by atoms with Crippen LogP contribution in [0.15, 0.2) is 14.3 Å². The van der Waals surface area contributed by atoms with E-state index in [9.17, 15) is 4.79 Å². The van der Waals surface area contributed by atoms with Crippen LogP contribution in [0.2, 0.25) is 0 Å². The maximum atomic E-state index is 11.9. The van der Waals surface area contributed by atoms with E-state index >= 15 is 0 Å². The van der Waals surface area contributed by atoms with Crippen LogP contribution in [0.3, 0.4) is 0 Å². The molecular formula is C13H17Br2NO2S. The molecule has 1 fully saturated rings. The lowest BCUT2D eigenvalue weighted by Crippen LogP contribution is -2.28. The molecule has 19 heavy (non-hydrogen) atoms. The summed E-state index contributed by atoms with van der Waals surface area (Å²) in [7, 11) is 0. The molecule has 0 bridgehead atoms. The first kappa shape index (κ1) is 15.5. The summed E-state index contributed by atoms with van der Waals surface area (Å²) in [6.45, 7) is 1.17. The predicted octanol–water partition coefficient (Wildman–Crippen LogP) is 4.35. The summed E-state index contributed by atoms with van der Waals surface area (Å²) in [5.41, 5.74) is 0. The topological polar surface area (TPSA) is 38.3 Å². The third-order valence-corrected chi connectivity index (χ3v) is 6.42. The molecule has 0 aliphatic heterocycles. The fourth-order valence-electron chi connectivity index (χ4n) is 2.17. The minimum absolute atomic E-state index is 0.0383. The van der Waals surface area contributed by atoms with Crippen LogP contribution >= 0.6 is 43.2 Å². The maximum Gasteiger partial charge on any atom is 0.261 e. The van der Waals surface area contributed by atoms with Gasteiger partial charge in [-0.3, -0.25) is 4.79 Å². The Morgan fingerprint density at radius 1 is 1.37 bits per heavy atom. The van der Waals surface area contributed by atoms with E-state index in [1.54, 1.807) is 0 Å². The van der Waals surface area contributed by atoms with Gasteiger partial charge in [0.25, 0.3) is 5.91 Å².